The average Bonchev–Trinajstić information content (AvgIpc) is 2.71. The third-order valence-corrected chi connectivity index (χ3v) is 5.33. The van der Waals surface area contributed by atoms with Gasteiger partial charge in [-0.2, -0.15) is 12.1 Å². The Morgan fingerprint density at radius 1 is 0.643 bits per heavy atom. The molecule has 4 aromatic rings. The Balaban J connectivity index is 0.000000242. The first-order chi connectivity index (χ1) is 12.8. The summed E-state index contributed by atoms with van der Waals surface area (Å²) in [5, 5.41) is 7.72. The van der Waals surface area contributed by atoms with Crippen molar-refractivity contribution < 1.29 is 21.1 Å². The van der Waals surface area contributed by atoms with E-state index < -0.39 is 0 Å². The van der Waals surface area contributed by atoms with Gasteiger partial charge in [0, 0.05) is 0 Å². The van der Waals surface area contributed by atoms with Crippen LogP contribution in [0.1, 0.15) is 25.7 Å². The maximum absolute atomic E-state index is 7.29. The van der Waals surface area contributed by atoms with Crippen LogP contribution in [-0.4, -0.2) is 12.1 Å². The van der Waals surface area contributed by atoms with E-state index in [2.05, 4.69) is 66.7 Å². The number of nitrogens with one attached hydrogen (secondary N) is 2. The summed E-state index contributed by atoms with van der Waals surface area (Å²) in [4.78, 5) is 0. The van der Waals surface area contributed by atoms with Gasteiger partial charge in [-0.3, -0.25) is 0 Å². The minimum absolute atomic E-state index is 0. The Bertz CT molecular complexity index is 813. The third-order valence-electron chi connectivity index (χ3n) is 5.33. The molecular weight excluding hydrogens is 523 g/mol. The van der Waals surface area contributed by atoms with Crippen LogP contribution in [0.3, 0.4) is 0 Å². The quantitative estimate of drug-likeness (QED) is 0.159. The molecule has 1 aliphatic rings. The molecule has 0 heterocycles. The van der Waals surface area contributed by atoms with Crippen LogP contribution in [0.4, 0.5) is 0 Å². The Morgan fingerprint density at radius 2 is 1.04 bits per heavy atom. The van der Waals surface area contributed by atoms with Crippen LogP contribution in [0.15, 0.2) is 66.7 Å². The van der Waals surface area contributed by atoms with Crippen LogP contribution in [-0.2, 0) is 21.1 Å². The Labute approximate surface area is 182 Å². The molecule has 3 heteroatoms. The molecule has 0 radical (unpaired) electrons. The average molecular weight is 550 g/mol. The molecule has 0 spiro atoms. The largest absolute Gasteiger partial charge is 4.00 e. The molecule has 0 aromatic heterocycles. The van der Waals surface area contributed by atoms with Gasteiger partial charge < -0.3 is 18.9 Å². The fourth-order valence-corrected chi connectivity index (χ4v) is 3.90. The number of hydrogen-bond donors (Lipinski definition) is 0. The molecule has 5 rings (SSSR count). The molecule has 2 nitrogen and oxygen atoms in total. The zero-order chi connectivity index (χ0) is 17.9. The second kappa shape index (κ2) is 10.2. The van der Waals surface area contributed by atoms with Crippen molar-refractivity contribution in [2.75, 3.05) is 0 Å². The van der Waals surface area contributed by atoms with Gasteiger partial charge in [0.1, 0.15) is 0 Å². The molecule has 1 fully saturated rings. The summed E-state index contributed by atoms with van der Waals surface area (Å²) in [5.74, 6) is 0. The van der Waals surface area contributed by atoms with Crippen molar-refractivity contribution >= 4 is 32.3 Å². The monoisotopic (exact) mass is 549 g/mol. The van der Waals surface area contributed by atoms with Crippen LogP contribution >= 0.6 is 0 Å². The fraction of sp³-hybridized carbons (Fsp3) is 0.240. The van der Waals surface area contributed by atoms with Gasteiger partial charge in [0.05, 0.1) is 0 Å². The minimum Gasteiger partial charge on any atom is -0.676 e. The summed E-state index contributed by atoms with van der Waals surface area (Å²) in [6.07, 6.45) is 4.25. The van der Waals surface area contributed by atoms with Crippen molar-refractivity contribution in [3.05, 3.63) is 91.7 Å². The standard InChI is InChI=1S/C18H11.C6H12N2.CH3.Pt/c1-2-8-14-13(7-1)15-9-3-4-11-17(15)18-12-6-5-10-16(14)18;7-5-3-1-2-4-6(5)8;;/h1-11H;5-8H,1-4H2;1H3;/q-1;-2;-1;+4. The number of benzene rings is 4. The van der Waals surface area contributed by atoms with Gasteiger partial charge in [-0.1, -0.05) is 90.4 Å². The minimum atomic E-state index is -0.0799. The van der Waals surface area contributed by atoms with Crippen LogP contribution in [0.25, 0.3) is 43.8 Å². The zero-order valence-corrected chi connectivity index (χ0v) is 18.4. The third kappa shape index (κ3) is 4.46. The van der Waals surface area contributed by atoms with Gasteiger partial charge in [0.25, 0.3) is 0 Å². The molecule has 1 aliphatic carbocycles. The van der Waals surface area contributed by atoms with Gasteiger partial charge in [-0.05, 0) is 5.39 Å². The van der Waals surface area contributed by atoms with E-state index in [1.54, 1.807) is 0 Å². The second-order valence-corrected chi connectivity index (χ2v) is 7.05. The zero-order valence-electron chi connectivity index (χ0n) is 16.2. The molecule has 28 heavy (non-hydrogen) atoms. The van der Waals surface area contributed by atoms with E-state index in [1.165, 1.54) is 45.2 Å². The molecule has 4 aromatic carbocycles. The number of hydrogen-bond acceptors (Lipinski definition) is 0. The van der Waals surface area contributed by atoms with Crippen molar-refractivity contribution in [1.82, 2.24) is 0 Å². The summed E-state index contributed by atoms with van der Waals surface area (Å²) >= 11 is 0. The summed E-state index contributed by atoms with van der Waals surface area (Å²) in [6.45, 7) is 0. The van der Waals surface area contributed by atoms with Crippen LogP contribution in [0.2, 0.25) is 0 Å². The van der Waals surface area contributed by atoms with Crippen molar-refractivity contribution in [2.24, 2.45) is 0 Å². The Kier molecular flexibility index (Phi) is 8.19. The van der Waals surface area contributed by atoms with Gasteiger partial charge in [0.2, 0.25) is 0 Å². The van der Waals surface area contributed by atoms with Crippen molar-refractivity contribution in [3.8, 4) is 0 Å². The van der Waals surface area contributed by atoms with E-state index in [4.69, 9.17) is 11.5 Å². The first-order valence-electron chi connectivity index (χ1n) is 9.38. The topological polar surface area (TPSA) is 47.6 Å². The van der Waals surface area contributed by atoms with E-state index in [-0.39, 0.29) is 40.6 Å². The first kappa shape index (κ1) is 22.6. The molecule has 0 amide bonds. The molecule has 2 unspecified atom stereocenters. The van der Waals surface area contributed by atoms with E-state index >= 15 is 0 Å². The van der Waals surface area contributed by atoms with Crippen molar-refractivity contribution in [3.63, 3.8) is 0 Å². The summed E-state index contributed by atoms with van der Waals surface area (Å²) in [7, 11) is 0. The maximum atomic E-state index is 7.29. The normalized spacial score (nSPS) is 18.6. The van der Waals surface area contributed by atoms with E-state index in [9.17, 15) is 0 Å². The molecule has 0 aliphatic heterocycles. The molecule has 146 valence electrons. The van der Waals surface area contributed by atoms with Gasteiger partial charge >= 0.3 is 21.1 Å². The molecule has 1 saturated carbocycles. The summed E-state index contributed by atoms with van der Waals surface area (Å²) in [5.41, 5.74) is 14.6. The van der Waals surface area contributed by atoms with Gasteiger partial charge in [-0.15, -0.1) is 35.0 Å². The predicted molar refractivity (Wildman–Crippen MR) is 119 cm³/mol. The molecule has 0 bridgehead atoms. The van der Waals surface area contributed by atoms with Crippen LogP contribution in [0, 0.1) is 13.5 Å². The molecule has 2 N–H and O–H groups in total. The van der Waals surface area contributed by atoms with Crippen molar-refractivity contribution in [2.45, 2.75) is 37.8 Å². The summed E-state index contributed by atoms with van der Waals surface area (Å²) < 4.78 is 0. The van der Waals surface area contributed by atoms with Crippen molar-refractivity contribution in [1.29, 1.82) is 0 Å². The van der Waals surface area contributed by atoms with Crippen LogP contribution < -0.4 is 0 Å². The van der Waals surface area contributed by atoms with E-state index in [1.807, 2.05) is 6.07 Å². The van der Waals surface area contributed by atoms with Crippen LogP contribution in [0.5, 0.6) is 0 Å². The maximum Gasteiger partial charge on any atom is 4.00 e. The second-order valence-electron chi connectivity index (χ2n) is 7.05. The SMILES string of the molecule is [CH3-].[NH-]C1CCCCC1[NH-].[Pt+4].[c-]1cccc2c1c1ccccc1c1ccccc21. The van der Waals surface area contributed by atoms with Gasteiger partial charge in [0.15, 0.2) is 0 Å². The smallest absolute Gasteiger partial charge is 0.676 e. The first-order valence-corrected chi connectivity index (χ1v) is 9.38. The molecule has 2 atom stereocenters. The fourth-order valence-electron chi connectivity index (χ4n) is 3.90. The molecular formula is C25H26N2Pt. The van der Waals surface area contributed by atoms with Gasteiger partial charge in [-0.25, -0.2) is 0 Å². The molecule has 0 saturated heterocycles. The Morgan fingerprint density at radius 3 is 1.50 bits per heavy atom. The Hall–Kier alpha value is -1.73. The van der Waals surface area contributed by atoms with E-state index in [0.29, 0.717) is 0 Å². The number of fused-ring (bicyclic) bond motifs is 6. The van der Waals surface area contributed by atoms with E-state index in [0.717, 1.165) is 12.8 Å². The number of rotatable bonds is 0. The predicted octanol–water partition coefficient (Wildman–Crippen LogP) is 7.80. The summed E-state index contributed by atoms with van der Waals surface area (Å²) in [6, 6.07) is 26.6.